The summed E-state index contributed by atoms with van der Waals surface area (Å²) < 4.78 is 5.06. The molecule has 0 radical (unpaired) electrons. The molecule has 4 nitrogen and oxygen atoms in total. The number of carbonyl (C=O) groups excluding carboxylic acids is 1. The molecule has 0 fully saturated rings. The van der Waals surface area contributed by atoms with Gasteiger partial charge in [0.15, 0.2) is 5.78 Å². The van der Waals surface area contributed by atoms with E-state index in [1.807, 2.05) is 0 Å². The van der Waals surface area contributed by atoms with E-state index in [1.54, 1.807) is 6.92 Å². The van der Waals surface area contributed by atoms with Crippen LogP contribution in [0.25, 0.3) is 27.5 Å². The van der Waals surface area contributed by atoms with E-state index in [-0.39, 0.29) is 18.3 Å². The van der Waals surface area contributed by atoms with Crippen LogP contribution in [-0.4, -0.2) is 26.6 Å². The second-order valence-corrected chi connectivity index (χ2v) is 14.8. The summed E-state index contributed by atoms with van der Waals surface area (Å²) in [6, 6.07) is 25.8. The summed E-state index contributed by atoms with van der Waals surface area (Å²) in [4.78, 5) is 12.7. The molecule has 1 N–H and O–H groups in total. The highest BCUT2D eigenvalue weighted by Gasteiger charge is 2.22. The third-order valence-electron chi connectivity index (χ3n) is 11.0. The van der Waals surface area contributed by atoms with Crippen molar-refractivity contribution in [2.75, 3.05) is 6.61 Å². The van der Waals surface area contributed by atoms with Crippen LogP contribution in [0.2, 0.25) is 0 Å². The Labute approximate surface area is 307 Å². The molecule has 0 aliphatic carbocycles. The number of allylic oxidation sites excluding steroid dienone is 1. The largest absolute Gasteiger partial charge is 0.396 e. The summed E-state index contributed by atoms with van der Waals surface area (Å²) in [6.45, 7) is 14.5. The Hall–Kier alpha value is -3.89. The lowest BCUT2D eigenvalue weighted by molar-refractivity contribution is -0.120. The Balaban J connectivity index is 1.35. The summed E-state index contributed by atoms with van der Waals surface area (Å²) in [6.07, 6.45) is 17.3. The molecule has 0 amide bonds. The summed E-state index contributed by atoms with van der Waals surface area (Å²) >= 11 is 0. The number of para-hydroxylation sites is 1. The van der Waals surface area contributed by atoms with Crippen molar-refractivity contribution in [1.82, 2.24) is 9.13 Å². The van der Waals surface area contributed by atoms with Crippen molar-refractivity contribution in [1.29, 1.82) is 0 Å². The lowest BCUT2D eigenvalue weighted by Gasteiger charge is -2.21. The number of ketones is 1. The number of nitrogens with zero attached hydrogens (tertiary/aromatic N) is 2. The van der Waals surface area contributed by atoms with Crippen molar-refractivity contribution in [3.8, 4) is 5.69 Å². The number of carbonyl (C=O) groups is 1. The van der Waals surface area contributed by atoms with Crippen LogP contribution in [0.3, 0.4) is 0 Å². The van der Waals surface area contributed by atoms with Gasteiger partial charge in [-0.05, 0) is 129 Å². The quantitative estimate of drug-likeness (QED) is 0.0617. The molecule has 3 aromatic carbocycles. The fourth-order valence-corrected chi connectivity index (χ4v) is 8.20. The monoisotopic (exact) mass is 686 g/mol. The number of Topliss-reactive ketones (excluding diaryl/α,β-unsaturated/α-hetero) is 1. The molecule has 0 saturated heterocycles. The number of hydrogen-bond acceptors (Lipinski definition) is 2. The van der Waals surface area contributed by atoms with Crippen LogP contribution in [0.1, 0.15) is 126 Å². The zero-order valence-corrected chi connectivity index (χ0v) is 32.1. The van der Waals surface area contributed by atoms with E-state index in [4.69, 9.17) is 0 Å². The van der Waals surface area contributed by atoms with Crippen LogP contribution in [0.15, 0.2) is 85.1 Å². The molecule has 2 aromatic heterocycles. The Kier molecular flexibility index (Phi) is 14.0. The van der Waals surface area contributed by atoms with Gasteiger partial charge in [0.2, 0.25) is 0 Å². The number of unbranched alkanes of at least 4 members (excludes halogenated alkanes) is 2. The summed E-state index contributed by atoms with van der Waals surface area (Å²) in [5.41, 5.74) is 11.4. The SMILES string of the molecule is C=C(C)C(=O)C(CO)CCc1c(CCCCC)cn(-c2ccc(CCCC(CCC)n3c4ccccc4c4cc(CC)ccc43)cc2)c1CCC. The predicted molar refractivity (Wildman–Crippen MR) is 217 cm³/mol. The molecule has 0 spiro atoms. The molecule has 0 aliphatic heterocycles. The molecule has 2 atom stereocenters. The second-order valence-electron chi connectivity index (χ2n) is 14.8. The minimum Gasteiger partial charge on any atom is -0.396 e. The maximum absolute atomic E-state index is 12.7. The van der Waals surface area contributed by atoms with Crippen molar-refractivity contribution >= 4 is 27.6 Å². The van der Waals surface area contributed by atoms with E-state index in [1.165, 1.54) is 87.5 Å². The first-order valence-corrected chi connectivity index (χ1v) is 20.0. The van der Waals surface area contributed by atoms with Gasteiger partial charge >= 0.3 is 0 Å². The van der Waals surface area contributed by atoms with Gasteiger partial charge in [-0.2, -0.15) is 0 Å². The van der Waals surface area contributed by atoms with Gasteiger partial charge in [-0.15, -0.1) is 0 Å². The number of aliphatic hydroxyl groups excluding tert-OH is 1. The molecular formula is C47H62N2O2. The van der Waals surface area contributed by atoms with Crippen LogP contribution < -0.4 is 0 Å². The average molecular weight is 687 g/mol. The second kappa shape index (κ2) is 18.6. The van der Waals surface area contributed by atoms with Crippen LogP contribution >= 0.6 is 0 Å². The summed E-state index contributed by atoms with van der Waals surface area (Å²) in [5, 5.41) is 12.8. The summed E-state index contributed by atoms with van der Waals surface area (Å²) in [7, 11) is 0. The number of aliphatic hydroxyl groups is 1. The van der Waals surface area contributed by atoms with Crippen molar-refractivity contribution in [2.45, 2.75) is 131 Å². The molecule has 5 aromatic rings. The van der Waals surface area contributed by atoms with Crippen LogP contribution in [0.4, 0.5) is 0 Å². The lowest BCUT2D eigenvalue weighted by atomic mass is 9.91. The molecule has 2 heterocycles. The van der Waals surface area contributed by atoms with Crippen LogP contribution in [0, 0.1) is 5.92 Å². The first kappa shape index (κ1) is 38.3. The minimum atomic E-state index is -0.385. The average Bonchev–Trinajstić information content (AvgIpc) is 3.66. The van der Waals surface area contributed by atoms with Gasteiger partial charge in [-0.25, -0.2) is 0 Å². The highest BCUT2D eigenvalue weighted by atomic mass is 16.3. The van der Waals surface area contributed by atoms with Gasteiger partial charge in [0.1, 0.15) is 0 Å². The van der Waals surface area contributed by atoms with Gasteiger partial charge in [0.25, 0.3) is 0 Å². The highest BCUT2D eigenvalue weighted by Crippen LogP contribution is 2.36. The highest BCUT2D eigenvalue weighted by molar-refractivity contribution is 6.08. The van der Waals surface area contributed by atoms with Crippen LogP contribution in [0.5, 0.6) is 0 Å². The van der Waals surface area contributed by atoms with Gasteiger partial charge in [-0.1, -0.05) is 96.4 Å². The molecule has 5 rings (SSSR count). The smallest absolute Gasteiger partial charge is 0.163 e. The molecular weight excluding hydrogens is 625 g/mol. The Morgan fingerprint density at radius 2 is 1.49 bits per heavy atom. The van der Waals surface area contributed by atoms with Crippen molar-refractivity contribution in [3.63, 3.8) is 0 Å². The summed E-state index contributed by atoms with van der Waals surface area (Å²) in [5.74, 6) is -0.400. The minimum absolute atomic E-state index is 0.0151. The van der Waals surface area contributed by atoms with Crippen molar-refractivity contribution < 1.29 is 9.90 Å². The molecule has 0 bridgehead atoms. The lowest BCUT2D eigenvalue weighted by Crippen LogP contribution is -2.20. The zero-order chi connectivity index (χ0) is 36.3. The van der Waals surface area contributed by atoms with Crippen molar-refractivity contribution in [2.24, 2.45) is 5.92 Å². The maximum Gasteiger partial charge on any atom is 0.163 e. The Morgan fingerprint density at radius 1 is 0.745 bits per heavy atom. The van der Waals surface area contributed by atoms with E-state index in [2.05, 4.69) is 116 Å². The molecule has 0 saturated carbocycles. The van der Waals surface area contributed by atoms with Gasteiger partial charge < -0.3 is 14.2 Å². The topological polar surface area (TPSA) is 47.2 Å². The van der Waals surface area contributed by atoms with Gasteiger partial charge in [0, 0.05) is 51.3 Å². The number of fused-ring (bicyclic) bond motifs is 3. The number of rotatable bonds is 21. The van der Waals surface area contributed by atoms with E-state index in [9.17, 15) is 9.90 Å². The normalized spacial score (nSPS) is 12.9. The number of aryl methyl sites for hydroxylation is 3. The third-order valence-corrected chi connectivity index (χ3v) is 11.0. The molecule has 2 unspecified atom stereocenters. The predicted octanol–water partition coefficient (Wildman–Crippen LogP) is 11.9. The standard InChI is InChI=1S/C47H62N2O2/c1-7-11-12-19-37-32-48(44(17-9-3)41(37)29-26-38(33-50)47(51)34(5)6)39-27-23-36(24-28-39)18-15-20-40(16-8-2)49-45-22-14-13-21-42(45)43-31-35(10-4)25-30-46(43)49/h13-14,21-25,27-28,30-32,38,40,50H,5,7-12,15-20,26,29,33H2,1-4,6H3. The molecule has 0 aliphatic rings. The van der Waals surface area contributed by atoms with Crippen LogP contribution in [-0.2, 0) is 36.9 Å². The molecule has 272 valence electrons. The zero-order valence-electron chi connectivity index (χ0n) is 32.1. The number of hydrogen-bond donors (Lipinski definition) is 1. The first-order valence-electron chi connectivity index (χ1n) is 20.0. The van der Waals surface area contributed by atoms with E-state index in [0.717, 1.165) is 51.4 Å². The maximum atomic E-state index is 12.7. The molecule has 4 heteroatoms. The first-order chi connectivity index (χ1) is 24.8. The third kappa shape index (κ3) is 8.95. The molecule has 51 heavy (non-hydrogen) atoms. The Bertz CT molecular complexity index is 1890. The van der Waals surface area contributed by atoms with Gasteiger partial charge in [-0.3, -0.25) is 4.79 Å². The van der Waals surface area contributed by atoms with E-state index >= 15 is 0 Å². The van der Waals surface area contributed by atoms with E-state index in [0.29, 0.717) is 18.0 Å². The van der Waals surface area contributed by atoms with E-state index < -0.39 is 0 Å². The fourth-order valence-electron chi connectivity index (χ4n) is 8.20. The number of aromatic nitrogens is 2. The number of benzene rings is 3. The fraction of sp³-hybridized carbons (Fsp3) is 0.468. The van der Waals surface area contributed by atoms with Gasteiger partial charge in [0.05, 0.1) is 6.61 Å². The Morgan fingerprint density at radius 3 is 2.18 bits per heavy atom. The van der Waals surface area contributed by atoms with Crippen molar-refractivity contribution in [3.05, 3.63) is 113 Å².